The minimum Gasteiger partial charge on any atom is -0.453 e. The molecule has 53 heavy (non-hydrogen) atoms. The number of rotatable bonds is 12. The summed E-state index contributed by atoms with van der Waals surface area (Å²) in [5.41, 5.74) is 5.14. The molecule has 4 amide bonds. The number of likely N-dealkylation sites (tertiary alicyclic amines) is 1. The highest BCUT2D eigenvalue weighted by Crippen LogP contribution is 2.45. The molecule has 280 valence electrons. The van der Waals surface area contributed by atoms with Gasteiger partial charge in [0.25, 0.3) is 0 Å². The summed E-state index contributed by atoms with van der Waals surface area (Å²) in [7, 11) is 2.56. The van der Waals surface area contributed by atoms with Crippen LogP contribution in [0.5, 0.6) is 0 Å². The SMILES string of the molecule is COC(=O)N[C@H](C(=O)NC1(c2ncc(-c3ccc(-c4ccc(-c5cnc([C@@H]6CCCN6C(=O)[C@@H](NC(=O)OC)C(C)C)[nH]5)cc4)cc3)[nH]2)CC1)C(C)C. The minimum atomic E-state index is -0.727. The van der Waals surface area contributed by atoms with Crippen molar-refractivity contribution in [3.63, 3.8) is 0 Å². The lowest BCUT2D eigenvalue weighted by Gasteiger charge is -2.30. The second-order valence-corrected chi connectivity index (χ2v) is 14.5. The van der Waals surface area contributed by atoms with E-state index < -0.39 is 29.8 Å². The Hall–Kier alpha value is -5.66. The van der Waals surface area contributed by atoms with Gasteiger partial charge in [0.05, 0.1) is 49.6 Å². The van der Waals surface area contributed by atoms with Gasteiger partial charge in [0.1, 0.15) is 23.7 Å². The molecule has 1 aliphatic carbocycles. The fraction of sp³-hybridized carbons (Fsp3) is 0.436. The number of alkyl carbamates (subject to hydrolysis) is 2. The highest BCUT2D eigenvalue weighted by atomic mass is 16.5. The van der Waals surface area contributed by atoms with Gasteiger partial charge in [-0.05, 0) is 59.8 Å². The quantitative estimate of drug-likeness (QED) is 0.124. The summed E-state index contributed by atoms with van der Waals surface area (Å²) in [6.07, 6.45) is 5.42. The molecule has 4 aromatic rings. The standard InChI is InChI=1S/C39H48N8O6/c1-22(2)31(44-37(50)52-5)34(48)46-39(17-18-39)36-41-21-29(43-36)27-15-11-25(12-16-27)24-9-13-26(14-10-24)28-20-40-33(42-28)30-8-7-19-47(30)35(49)32(23(3)4)45-38(51)53-6/h9-16,20-23,30-32H,7-8,17-19H2,1-6H3,(H,40,42)(H,41,43)(H,44,50)(H,45,51)(H,46,48)/t30-,31-,32-/m0/s1. The smallest absolute Gasteiger partial charge is 0.407 e. The lowest BCUT2D eigenvalue weighted by atomic mass is 10.0. The van der Waals surface area contributed by atoms with Crippen LogP contribution in [0.15, 0.2) is 60.9 Å². The van der Waals surface area contributed by atoms with Crippen molar-refractivity contribution in [3.05, 3.63) is 72.6 Å². The molecule has 2 aromatic carbocycles. The molecule has 0 spiro atoms. The van der Waals surface area contributed by atoms with E-state index in [2.05, 4.69) is 60.2 Å². The van der Waals surface area contributed by atoms with Crippen LogP contribution in [-0.2, 0) is 24.6 Å². The maximum Gasteiger partial charge on any atom is 0.407 e. The molecular weight excluding hydrogens is 676 g/mol. The molecule has 2 aromatic heterocycles. The summed E-state index contributed by atoms with van der Waals surface area (Å²) < 4.78 is 9.44. The van der Waals surface area contributed by atoms with Gasteiger partial charge in [-0.25, -0.2) is 19.6 Å². The van der Waals surface area contributed by atoms with Gasteiger partial charge >= 0.3 is 12.2 Å². The third-order valence-corrected chi connectivity index (χ3v) is 10.1. The molecule has 5 N–H and O–H groups in total. The van der Waals surface area contributed by atoms with Crippen molar-refractivity contribution < 1.29 is 28.7 Å². The van der Waals surface area contributed by atoms with Crippen LogP contribution in [0, 0.1) is 11.8 Å². The van der Waals surface area contributed by atoms with E-state index in [1.54, 1.807) is 17.3 Å². The first kappa shape index (κ1) is 37.1. The van der Waals surface area contributed by atoms with Crippen LogP contribution in [0.25, 0.3) is 33.6 Å². The zero-order chi connectivity index (χ0) is 37.9. The van der Waals surface area contributed by atoms with Gasteiger partial charge in [0.2, 0.25) is 11.8 Å². The fourth-order valence-corrected chi connectivity index (χ4v) is 6.82. The predicted molar refractivity (Wildman–Crippen MR) is 198 cm³/mol. The molecule has 1 saturated heterocycles. The number of carbonyl (C=O) groups excluding carboxylic acids is 4. The van der Waals surface area contributed by atoms with E-state index in [1.807, 2.05) is 52.0 Å². The number of H-pyrrole nitrogens is 2. The number of amides is 4. The second kappa shape index (κ2) is 15.5. The first-order chi connectivity index (χ1) is 25.4. The minimum absolute atomic E-state index is 0.105. The van der Waals surface area contributed by atoms with Crippen molar-refractivity contribution in [2.45, 2.75) is 77.0 Å². The predicted octanol–water partition coefficient (Wildman–Crippen LogP) is 5.66. The molecular formula is C39H48N8O6. The lowest BCUT2D eigenvalue weighted by Crippen LogP contribution is -2.52. The summed E-state index contributed by atoms with van der Waals surface area (Å²) >= 11 is 0. The van der Waals surface area contributed by atoms with Crippen LogP contribution < -0.4 is 16.0 Å². The summed E-state index contributed by atoms with van der Waals surface area (Å²) in [5.74, 6) is 0.759. The molecule has 14 heteroatoms. The van der Waals surface area contributed by atoms with Crippen LogP contribution >= 0.6 is 0 Å². The summed E-state index contributed by atoms with van der Waals surface area (Å²) in [6.45, 7) is 8.12. The van der Waals surface area contributed by atoms with E-state index in [9.17, 15) is 19.2 Å². The Morgan fingerprint density at radius 1 is 0.755 bits per heavy atom. The number of imidazole rings is 2. The number of carbonyl (C=O) groups is 4. The Morgan fingerprint density at radius 2 is 1.26 bits per heavy atom. The molecule has 3 atom stereocenters. The Bertz CT molecular complexity index is 1930. The first-order valence-corrected chi connectivity index (χ1v) is 18.1. The van der Waals surface area contributed by atoms with E-state index in [0.717, 1.165) is 65.1 Å². The molecule has 0 radical (unpaired) electrons. The molecule has 1 aliphatic heterocycles. The van der Waals surface area contributed by atoms with Crippen molar-refractivity contribution in [1.82, 2.24) is 40.8 Å². The van der Waals surface area contributed by atoms with E-state index in [1.165, 1.54) is 14.2 Å². The third kappa shape index (κ3) is 8.06. The summed E-state index contributed by atoms with van der Waals surface area (Å²) in [6, 6.07) is 14.8. The highest BCUT2D eigenvalue weighted by molar-refractivity contribution is 5.87. The maximum atomic E-state index is 13.5. The Labute approximate surface area is 308 Å². The van der Waals surface area contributed by atoms with E-state index in [-0.39, 0.29) is 29.7 Å². The van der Waals surface area contributed by atoms with Crippen LogP contribution in [-0.4, -0.2) is 81.7 Å². The topological polar surface area (TPSA) is 183 Å². The normalized spacial score (nSPS) is 17.3. The number of methoxy groups -OCH3 is 2. The third-order valence-electron chi connectivity index (χ3n) is 10.1. The Morgan fingerprint density at radius 3 is 1.79 bits per heavy atom. The average molecular weight is 725 g/mol. The van der Waals surface area contributed by atoms with E-state index in [0.29, 0.717) is 12.4 Å². The van der Waals surface area contributed by atoms with Crippen molar-refractivity contribution in [2.24, 2.45) is 11.8 Å². The highest BCUT2D eigenvalue weighted by Gasteiger charge is 2.49. The van der Waals surface area contributed by atoms with Gasteiger partial charge in [-0.15, -0.1) is 0 Å². The fourth-order valence-electron chi connectivity index (χ4n) is 6.82. The van der Waals surface area contributed by atoms with Crippen molar-refractivity contribution in [2.75, 3.05) is 20.8 Å². The molecule has 0 unspecified atom stereocenters. The number of hydrogen-bond acceptors (Lipinski definition) is 8. The Balaban J connectivity index is 1.10. The monoisotopic (exact) mass is 724 g/mol. The van der Waals surface area contributed by atoms with Gasteiger partial charge in [0.15, 0.2) is 0 Å². The van der Waals surface area contributed by atoms with Crippen molar-refractivity contribution >= 4 is 24.0 Å². The van der Waals surface area contributed by atoms with Crippen LogP contribution in [0.2, 0.25) is 0 Å². The number of nitrogens with zero attached hydrogens (tertiary/aromatic N) is 3. The van der Waals surface area contributed by atoms with Gasteiger partial charge in [-0.3, -0.25) is 9.59 Å². The lowest BCUT2D eigenvalue weighted by molar-refractivity contribution is -0.135. The van der Waals surface area contributed by atoms with Gasteiger partial charge in [-0.1, -0.05) is 76.2 Å². The molecule has 0 bridgehead atoms. The zero-order valence-electron chi connectivity index (χ0n) is 31.0. The van der Waals surface area contributed by atoms with Crippen LogP contribution in [0.4, 0.5) is 9.59 Å². The van der Waals surface area contributed by atoms with Gasteiger partial charge < -0.3 is 40.3 Å². The number of benzene rings is 2. The van der Waals surface area contributed by atoms with Crippen molar-refractivity contribution in [1.29, 1.82) is 0 Å². The van der Waals surface area contributed by atoms with Crippen LogP contribution in [0.3, 0.4) is 0 Å². The van der Waals surface area contributed by atoms with E-state index in [4.69, 9.17) is 9.47 Å². The largest absolute Gasteiger partial charge is 0.453 e. The summed E-state index contributed by atoms with van der Waals surface area (Å²) in [5, 5.41) is 8.41. The van der Waals surface area contributed by atoms with Crippen molar-refractivity contribution in [3.8, 4) is 33.6 Å². The summed E-state index contributed by atoms with van der Waals surface area (Å²) in [4.78, 5) is 68.3. The number of hydrogen-bond donors (Lipinski definition) is 5. The average Bonchev–Trinajstić information content (AvgIpc) is 3.57. The van der Waals surface area contributed by atoms with Gasteiger partial charge in [0, 0.05) is 6.54 Å². The first-order valence-electron chi connectivity index (χ1n) is 18.1. The molecule has 6 rings (SSSR count). The number of aromatic nitrogens is 4. The number of ether oxygens (including phenoxy) is 2. The molecule has 2 aliphatic rings. The Kier molecular flexibility index (Phi) is 10.9. The molecule has 1 saturated carbocycles. The van der Waals surface area contributed by atoms with Crippen LogP contribution in [0.1, 0.15) is 71.1 Å². The number of nitrogens with one attached hydrogen (secondary N) is 5. The number of aromatic amines is 2. The maximum absolute atomic E-state index is 13.5. The molecule has 14 nitrogen and oxygen atoms in total. The second-order valence-electron chi connectivity index (χ2n) is 14.5. The zero-order valence-corrected chi connectivity index (χ0v) is 31.0. The van der Waals surface area contributed by atoms with E-state index >= 15 is 0 Å². The molecule has 2 fully saturated rings. The van der Waals surface area contributed by atoms with Gasteiger partial charge in [-0.2, -0.15) is 0 Å². The molecule has 3 heterocycles.